The first-order valence-electron chi connectivity index (χ1n) is 11.5. The average Bonchev–Trinajstić information content (AvgIpc) is 3.56. The van der Waals surface area contributed by atoms with Gasteiger partial charge in [-0.1, -0.05) is 11.6 Å². The van der Waals surface area contributed by atoms with Crippen molar-refractivity contribution in [3.63, 3.8) is 0 Å². The van der Waals surface area contributed by atoms with Gasteiger partial charge in [0.05, 0.1) is 18.3 Å². The summed E-state index contributed by atoms with van der Waals surface area (Å²) in [7, 11) is 0. The van der Waals surface area contributed by atoms with Crippen LogP contribution in [0.5, 0.6) is 0 Å². The molecular formula is C24H25ClN8. The number of piperidine rings is 1. The van der Waals surface area contributed by atoms with Crippen LogP contribution >= 0.6 is 11.6 Å². The molecule has 0 atom stereocenters. The highest BCUT2D eigenvalue weighted by molar-refractivity contribution is 6.30. The van der Waals surface area contributed by atoms with Crippen molar-refractivity contribution in [3.05, 3.63) is 58.4 Å². The van der Waals surface area contributed by atoms with Gasteiger partial charge >= 0.3 is 0 Å². The molecule has 3 aliphatic rings. The van der Waals surface area contributed by atoms with Crippen LogP contribution in [0.4, 0.5) is 5.95 Å². The zero-order chi connectivity index (χ0) is 22.6. The standard InChI is InChI=1S/C24H25ClN8/c1-16-4-9-27-23(28-16)31-10-5-17(6-11-31)22-30-29-21-14-32(24(15-26)7-8-24)13-18-12-19(25)2-3-20(18)33(21)22/h2-4,9,12,17H,5-8,10-11,13-14H2,1H3. The third kappa shape index (κ3) is 3.56. The lowest BCUT2D eigenvalue weighted by molar-refractivity contribution is 0.197. The van der Waals surface area contributed by atoms with Gasteiger partial charge in [0.1, 0.15) is 11.4 Å². The number of anilines is 1. The van der Waals surface area contributed by atoms with E-state index in [1.165, 1.54) is 0 Å². The van der Waals surface area contributed by atoms with Crippen LogP contribution in [0, 0.1) is 18.3 Å². The molecule has 8 nitrogen and oxygen atoms in total. The van der Waals surface area contributed by atoms with Crippen molar-refractivity contribution in [2.75, 3.05) is 18.0 Å². The number of nitrogens with zero attached hydrogens (tertiary/aromatic N) is 8. The van der Waals surface area contributed by atoms with Gasteiger partial charge in [0.25, 0.3) is 0 Å². The van der Waals surface area contributed by atoms with Gasteiger partial charge in [-0.3, -0.25) is 9.47 Å². The minimum absolute atomic E-state index is 0.299. The van der Waals surface area contributed by atoms with Crippen molar-refractivity contribution in [3.8, 4) is 11.8 Å². The van der Waals surface area contributed by atoms with Crippen LogP contribution in [-0.2, 0) is 13.1 Å². The first-order valence-corrected chi connectivity index (χ1v) is 11.9. The number of nitriles is 1. The molecule has 2 fully saturated rings. The Balaban J connectivity index is 1.32. The maximum Gasteiger partial charge on any atom is 0.225 e. The van der Waals surface area contributed by atoms with Gasteiger partial charge in [-0.15, -0.1) is 10.2 Å². The molecule has 9 heteroatoms. The summed E-state index contributed by atoms with van der Waals surface area (Å²) in [6, 6.07) is 10.5. The van der Waals surface area contributed by atoms with Crippen LogP contribution in [0.2, 0.25) is 5.02 Å². The lowest BCUT2D eigenvalue weighted by Crippen LogP contribution is -2.35. The highest BCUT2D eigenvalue weighted by atomic mass is 35.5. The zero-order valence-corrected chi connectivity index (χ0v) is 19.3. The summed E-state index contributed by atoms with van der Waals surface area (Å²) in [4.78, 5) is 13.5. The Hall–Kier alpha value is -3.02. The van der Waals surface area contributed by atoms with Crippen molar-refractivity contribution >= 4 is 17.5 Å². The topological polar surface area (TPSA) is 86.8 Å². The second-order valence-electron chi connectivity index (χ2n) is 9.34. The molecule has 1 aromatic carbocycles. The highest BCUT2D eigenvalue weighted by Crippen LogP contribution is 2.44. The molecule has 1 saturated heterocycles. The van der Waals surface area contributed by atoms with Crippen LogP contribution in [0.15, 0.2) is 30.5 Å². The predicted molar refractivity (Wildman–Crippen MR) is 124 cm³/mol. The molecule has 0 N–H and O–H groups in total. The molecular weight excluding hydrogens is 436 g/mol. The Morgan fingerprint density at radius 1 is 1.12 bits per heavy atom. The molecule has 2 aliphatic heterocycles. The molecule has 4 heterocycles. The Morgan fingerprint density at radius 2 is 1.94 bits per heavy atom. The fourth-order valence-electron chi connectivity index (χ4n) is 5.14. The number of halogens is 1. The SMILES string of the molecule is Cc1ccnc(N2CCC(c3nnc4n3-c3ccc(Cl)cc3CN(C3(C#N)CC3)C4)CC2)n1. The monoisotopic (exact) mass is 460 g/mol. The van der Waals surface area contributed by atoms with E-state index in [-0.39, 0.29) is 5.54 Å². The summed E-state index contributed by atoms with van der Waals surface area (Å²) in [5.41, 5.74) is 2.79. The fraction of sp³-hybridized carbons (Fsp3) is 0.458. The van der Waals surface area contributed by atoms with Crippen LogP contribution < -0.4 is 4.90 Å². The lowest BCUT2D eigenvalue weighted by atomic mass is 9.95. The van der Waals surface area contributed by atoms with E-state index in [1.807, 2.05) is 31.3 Å². The van der Waals surface area contributed by atoms with Crippen LogP contribution in [-0.4, -0.2) is 48.3 Å². The normalized spacial score (nSPS) is 20.0. The third-order valence-corrected chi connectivity index (χ3v) is 7.43. The minimum Gasteiger partial charge on any atom is -0.341 e. The van der Waals surface area contributed by atoms with Crippen molar-refractivity contribution in [2.45, 2.75) is 57.2 Å². The highest BCUT2D eigenvalue weighted by Gasteiger charge is 2.50. The number of hydrogen-bond acceptors (Lipinski definition) is 7. The van der Waals surface area contributed by atoms with Crippen LogP contribution in [0.1, 0.15) is 54.5 Å². The molecule has 6 rings (SSSR count). The smallest absolute Gasteiger partial charge is 0.225 e. The second-order valence-corrected chi connectivity index (χ2v) is 9.78. The summed E-state index contributed by atoms with van der Waals surface area (Å²) in [5, 5.41) is 19.8. The Kier molecular flexibility index (Phi) is 4.86. The van der Waals surface area contributed by atoms with E-state index in [9.17, 15) is 5.26 Å². The lowest BCUT2D eigenvalue weighted by Gasteiger charge is -2.31. The van der Waals surface area contributed by atoms with E-state index >= 15 is 0 Å². The number of benzene rings is 1. The first kappa shape index (κ1) is 20.6. The quantitative estimate of drug-likeness (QED) is 0.587. The molecule has 0 unspecified atom stereocenters. The number of hydrogen-bond donors (Lipinski definition) is 0. The average molecular weight is 461 g/mol. The van der Waals surface area contributed by atoms with Crippen molar-refractivity contribution in [1.29, 1.82) is 5.26 Å². The number of aryl methyl sites for hydroxylation is 1. The summed E-state index contributed by atoms with van der Waals surface area (Å²) >= 11 is 6.37. The molecule has 0 radical (unpaired) electrons. The molecule has 1 aliphatic carbocycles. The van der Waals surface area contributed by atoms with Gasteiger partial charge in [-0.25, -0.2) is 9.97 Å². The molecule has 0 spiro atoms. The number of fused-ring (bicyclic) bond motifs is 3. The molecule has 3 aromatic rings. The fourth-order valence-corrected chi connectivity index (χ4v) is 5.33. The predicted octanol–water partition coefficient (Wildman–Crippen LogP) is 3.77. The van der Waals surface area contributed by atoms with Crippen LogP contribution in [0.25, 0.3) is 5.69 Å². The first-order chi connectivity index (χ1) is 16.1. The molecule has 2 aromatic heterocycles. The van der Waals surface area contributed by atoms with Gasteiger partial charge in [0.2, 0.25) is 5.95 Å². The van der Waals surface area contributed by atoms with Crippen molar-refractivity contribution in [2.24, 2.45) is 0 Å². The summed E-state index contributed by atoms with van der Waals surface area (Å²) in [6.07, 6.45) is 5.55. The van der Waals surface area contributed by atoms with E-state index in [0.717, 1.165) is 73.3 Å². The summed E-state index contributed by atoms with van der Waals surface area (Å²) in [6.45, 7) is 5.06. The molecule has 1 saturated carbocycles. The largest absolute Gasteiger partial charge is 0.341 e. The second kappa shape index (κ2) is 7.79. The maximum absolute atomic E-state index is 9.82. The Labute approximate surface area is 197 Å². The van der Waals surface area contributed by atoms with E-state index < -0.39 is 0 Å². The van der Waals surface area contributed by atoms with E-state index in [2.05, 4.69) is 46.7 Å². The zero-order valence-electron chi connectivity index (χ0n) is 18.6. The van der Waals surface area contributed by atoms with Crippen molar-refractivity contribution in [1.82, 2.24) is 29.6 Å². The summed E-state index contributed by atoms with van der Waals surface area (Å²) < 4.78 is 2.22. The molecule has 168 valence electrons. The third-order valence-electron chi connectivity index (χ3n) is 7.19. The van der Waals surface area contributed by atoms with Crippen molar-refractivity contribution < 1.29 is 0 Å². The van der Waals surface area contributed by atoms with Gasteiger partial charge in [-0.05, 0) is 62.4 Å². The Bertz CT molecular complexity index is 1250. The summed E-state index contributed by atoms with van der Waals surface area (Å²) in [5.74, 6) is 3.00. The van der Waals surface area contributed by atoms with Gasteiger partial charge in [-0.2, -0.15) is 5.26 Å². The van der Waals surface area contributed by atoms with Gasteiger partial charge in [0.15, 0.2) is 5.82 Å². The van der Waals surface area contributed by atoms with E-state index in [0.29, 0.717) is 24.0 Å². The van der Waals surface area contributed by atoms with E-state index in [1.54, 1.807) is 0 Å². The number of aromatic nitrogens is 5. The van der Waals surface area contributed by atoms with Gasteiger partial charge in [0, 0.05) is 42.5 Å². The molecule has 33 heavy (non-hydrogen) atoms. The maximum atomic E-state index is 9.82. The number of rotatable bonds is 3. The Morgan fingerprint density at radius 3 is 2.67 bits per heavy atom. The minimum atomic E-state index is -0.389. The van der Waals surface area contributed by atoms with Gasteiger partial charge < -0.3 is 4.90 Å². The van der Waals surface area contributed by atoms with E-state index in [4.69, 9.17) is 11.6 Å². The molecule has 0 amide bonds. The molecule has 0 bridgehead atoms. The van der Waals surface area contributed by atoms with Crippen LogP contribution in [0.3, 0.4) is 0 Å².